The summed E-state index contributed by atoms with van der Waals surface area (Å²) in [6, 6.07) is 1.56. The highest BCUT2D eigenvalue weighted by Gasteiger charge is 2.34. The number of aromatic nitrogens is 2. The molecular formula is C17H22N4O6S2. The van der Waals surface area contributed by atoms with E-state index in [0.29, 0.717) is 35.7 Å². The molecule has 0 bridgehead atoms. The average Bonchev–Trinajstić information content (AvgIpc) is 3.26. The van der Waals surface area contributed by atoms with Crippen molar-refractivity contribution in [2.75, 3.05) is 19.0 Å². The summed E-state index contributed by atoms with van der Waals surface area (Å²) >= 11 is 1.32. The summed E-state index contributed by atoms with van der Waals surface area (Å²) in [6.07, 6.45) is 2.81. The molecule has 0 unspecified atom stereocenters. The standard InChI is InChI=1S/C17H22N4O6S2/c1-26-6-10-2-15(28-8-10)16(23)13-5-19-9-20-17(13)21-12-3-11(14(22)4-12)7-27-29(18,24)25/h2,5,8-9,11-12,14,22H,3-4,6-7H2,1H3,(H2,18,24,25)(H,19,20,21)/t11-,12-,14+/m1/s1. The van der Waals surface area contributed by atoms with E-state index in [-0.39, 0.29) is 18.4 Å². The molecule has 0 radical (unpaired) electrons. The lowest BCUT2D eigenvalue weighted by Gasteiger charge is -2.15. The Morgan fingerprint density at radius 3 is 2.97 bits per heavy atom. The molecule has 0 aromatic carbocycles. The van der Waals surface area contributed by atoms with Crippen molar-refractivity contribution in [3.63, 3.8) is 0 Å². The van der Waals surface area contributed by atoms with E-state index >= 15 is 0 Å². The minimum absolute atomic E-state index is 0.203. The number of aliphatic hydroxyl groups is 1. The summed E-state index contributed by atoms with van der Waals surface area (Å²) in [5.74, 6) is -0.259. The molecule has 158 valence electrons. The minimum Gasteiger partial charge on any atom is -0.393 e. The second-order valence-corrected chi connectivity index (χ2v) is 8.92. The molecule has 12 heteroatoms. The van der Waals surface area contributed by atoms with Crippen molar-refractivity contribution >= 4 is 33.2 Å². The van der Waals surface area contributed by atoms with Crippen molar-refractivity contribution in [1.29, 1.82) is 0 Å². The van der Waals surface area contributed by atoms with E-state index in [2.05, 4.69) is 19.5 Å². The lowest BCUT2D eigenvalue weighted by Crippen LogP contribution is -2.24. The van der Waals surface area contributed by atoms with E-state index in [9.17, 15) is 18.3 Å². The van der Waals surface area contributed by atoms with Crippen LogP contribution in [0.1, 0.15) is 33.6 Å². The summed E-state index contributed by atoms with van der Waals surface area (Å²) in [5.41, 5.74) is 1.22. The van der Waals surface area contributed by atoms with E-state index in [4.69, 9.17) is 9.88 Å². The molecule has 0 saturated heterocycles. The maximum Gasteiger partial charge on any atom is 0.333 e. The number of ether oxygens (including phenoxy) is 1. The maximum atomic E-state index is 12.9. The Labute approximate surface area is 172 Å². The number of thiophene rings is 1. The first-order valence-electron chi connectivity index (χ1n) is 8.79. The van der Waals surface area contributed by atoms with Crippen LogP contribution >= 0.6 is 11.3 Å². The van der Waals surface area contributed by atoms with Gasteiger partial charge in [-0.05, 0) is 29.9 Å². The maximum absolute atomic E-state index is 12.9. The van der Waals surface area contributed by atoms with Crippen molar-refractivity contribution in [3.05, 3.63) is 40.0 Å². The zero-order valence-electron chi connectivity index (χ0n) is 15.6. The van der Waals surface area contributed by atoms with Crippen LogP contribution in [0.4, 0.5) is 5.82 Å². The highest BCUT2D eigenvalue weighted by molar-refractivity contribution is 7.84. The number of nitrogens with one attached hydrogen (secondary N) is 1. The third-order valence-corrected chi connectivity index (χ3v) is 6.03. The normalized spacial score (nSPS) is 22.0. The van der Waals surface area contributed by atoms with Gasteiger partial charge in [0, 0.05) is 25.3 Å². The highest BCUT2D eigenvalue weighted by atomic mass is 32.2. The minimum atomic E-state index is -4.07. The fourth-order valence-corrected chi connectivity index (χ4v) is 4.47. The van der Waals surface area contributed by atoms with Crippen LogP contribution in [0.15, 0.2) is 24.0 Å². The summed E-state index contributed by atoms with van der Waals surface area (Å²) in [5, 5.41) is 20.0. The second-order valence-electron chi connectivity index (χ2n) is 6.78. The van der Waals surface area contributed by atoms with E-state index in [1.54, 1.807) is 13.2 Å². The van der Waals surface area contributed by atoms with Gasteiger partial charge in [-0.3, -0.25) is 8.98 Å². The van der Waals surface area contributed by atoms with Crippen LogP contribution in [0.5, 0.6) is 0 Å². The first-order valence-corrected chi connectivity index (χ1v) is 11.1. The first kappa shape index (κ1) is 21.7. The van der Waals surface area contributed by atoms with Gasteiger partial charge in [-0.25, -0.2) is 15.1 Å². The van der Waals surface area contributed by atoms with Crippen LogP contribution in [0.3, 0.4) is 0 Å². The molecule has 2 heterocycles. The van der Waals surface area contributed by atoms with Gasteiger partial charge < -0.3 is 15.2 Å². The molecule has 3 atom stereocenters. The number of anilines is 1. The molecule has 0 amide bonds. The lowest BCUT2D eigenvalue weighted by atomic mass is 10.1. The molecule has 1 aliphatic carbocycles. The van der Waals surface area contributed by atoms with E-state index in [0.717, 1.165) is 5.56 Å². The number of carbonyl (C=O) groups excluding carboxylic acids is 1. The highest BCUT2D eigenvalue weighted by Crippen LogP contribution is 2.30. The van der Waals surface area contributed by atoms with Crippen LogP contribution in [0.2, 0.25) is 0 Å². The third kappa shape index (κ3) is 5.78. The molecule has 1 saturated carbocycles. The van der Waals surface area contributed by atoms with E-state index < -0.39 is 22.3 Å². The first-order chi connectivity index (χ1) is 13.8. The number of nitrogens with two attached hydrogens (primary N) is 1. The lowest BCUT2D eigenvalue weighted by molar-refractivity contribution is 0.101. The van der Waals surface area contributed by atoms with Gasteiger partial charge in [0.2, 0.25) is 5.78 Å². The van der Waals surface area contributed by atoms with Crippen LogP contribution < -0.4 is 10.5 Å². The average molecular weight is 443 g/mol. The number of nitrogens with zero attached hydrogens (tertiary/aromatic N) is 2. The molecular weight excluding hydrogens is 420 g/mol. The zero-order valence-corrected chi connectivity index (χ0v) is 17.3. The summed E-state index contributed by atoms with van der Waals surface area (Å²) < 4.78 is 31.6. The molecule has 2 aromatic rings. The molecule has 3 rings (SSSR count). The van der Waals surface area contributed by atoms with E-state index in [1.165, 1.54) is 23.9 Å². The fourth-order valence-electron chi connectivity index (χ4n) is 3.26. The number of aliphatic hydroxyl groups excluding tert-OH is 1. The van der Waals surface area contributed by atoms with Crippen molar-refractivity contribution in [1.82, 2.24) is 9.97 Å². The molecule has 1 fully saturated rings. The van der Waals surface area contributed by atoms with Crippen molar-refractivity contribution < 1.29 is 27.2 Å². The third-order valence-electron chi connectivity index (χ3n) is 4.59. The molecule has 29 heavy (non-hydrogen) atoms. The topological polar surface area (TPSA) is 154 Å². The van der Waals surface area contributed by atoms with Crippen LogP contribution in [-0.2, 0) is 25.8 Å². The number of hydrogen-bond acceptors (Lipinski definition) is 10. The number of carbonyl (C=O) groups is 1. The van der Waals surface area contributed by atoms with Gasteiger partial charge in [0.15, 0.2) is 0 Å². The van der Waals surface area contributed by atoms with Gasteiger partial charge in [-0.2, -0.15) is 8.42 Å². The van der Waals surface area contributed by atoms with Gasteiger partial charge in [-0.15, -0.1) is 11.3 Å². The van der Waals surface area contributed by atoms with Crippen LogP contribution in [0.25, 0.3) is 0 Å². The van der Waals surface area contributed by atoms with Gasteiger partial charge in [0.1, 0.15) is 12.1 Å². The quantitative estimate of drug-likeness (QED) is 0.476. The number of ketones is 1. The Hall–Kier alpha value is -1.96. The largest absolute Gasteiger partial charge is 0.393 e. The van der Waals surface area contributed by atoms with E-state index in [1.807, 2.05) is 5.38 Å². The van der Waals surface area contributed by atoms with Gasteiger partial charge in [0.05, 0.1) is 29.8 Å². The Bertz CT molecular complexity index is 964. The summed E-state index contributed by atoms with van der Waals surface area (Å²) in [4.78, 5) is 21.6. The van der Waals surface area contributed by atoms with Gasteiger partial charge in [0.25, 0.3) is 0 Å². The second kappa shape index (κ2) is 9.24. The number of methoxy groups -OCH3 is 1. The number of hydrogen-bond donors (Lipinski definition) is 3. The molecule has 0 spiro atoms. The Morgan fingerprint density at radius 2 is 2.24 bits per heavy atom. The Morgan fingerprint density at radius 1 is 1.45 bits per heavy atom. The molecule has 0 aliphatic heterocycles. The Balaban J connectivity index is 1.70. The predicted molar refractivity (Wildman–Crippen MR) is 106 cm³/mol. The van der Waals surface area contributed by atoms with Crippen LogP contribution in [0, 0.1) is 5.92 Å². The molecule has 2 aromatic heterocycles. The summed E-state index contributed by atoms with van der Waals surface area (Å²) in [6.45, 7) is 0.216. The SMILES string of the molecule is COCc1csc(C(=O)c2cncnc2N[C@@H]2C[C@H](COS(N)(=O)=O)[C@@H](O)C2)c1. The fraction of sp³-hybridized carbons (Fsp3) is 0.471. The molecule has 1 aliphatic rings. The smallest absolute Gasteiger partial charge is 0.333 e. The van der Waals surface area contributed by atoms with Gasteiger partial charge >= 0.3 is 10.3 Å². The number of rotatable bonds is 9. The monoisotopic (exact) mass is 442 g/mol. The Kier molecular flexibility index (Phi) is 6.93. The van der Waals surface area contributed by atoms with Crippen LogP contribution in [-0.4, -0.2) is 55.1 Å². The molecule has 10 nitrogen and oxygen atoms in total. The van der Waals surface area contributed by atoms with Gasteiger partial charge in [-0.1, -0.05) is 0 Å². The predicted octanol–water partition coefficient (Wildman–Crippen LogP) is 0.687. The van der Waals surface area contributed by atoms with Crippen molar-refractivity contribution in [2.45, 2.75) is 31.6 Å². The van der Waals surface area contributed by atoms with Crippen molar-refractivity contribution in [3.8, 4) is 0 Å². The zero-order chi connectivity index (χ0) is 21.0. The van der Waals surface area contributed by atoms with Crippen molar-refractivity contribution in [2.24, 2.45) is 11.1 Å². The summed E-state index contributed by atoms with van der Waals surface area (Å²) in [7, 11) is -2.48. The molecule has 4 N–H and O–H groups in total.